The van der Waals surface area contributed by atoms with Crippen molar-refractivity contribution >= 4 is 22.4 Å². The highest BCUT2D eigenvalue weighted by Gasteiger charge is 2.46. The number of unbranched alkanes of at least 4 members (excludes halogenated alkanes) is 1. The van der Waals surface area contributed by atoms with Gasteiger partial charge in [0.05, 0.1) is 5.39 Å². The summed E-state index contributed by atoms with van der Waals surface area (Å²) in [6, 6.07) is 7.21. The number of carbonyl (C=O) groups excluding carboxylic acids is 1. The average Bonchev–Trinajstić information content (AvgIpc) is 2.72. The van der Waals surface area contributed by atoms with E-state index in [1.165, 1.54) is 42.5 Å². The molecule has 4 aliphatic carbocycles. The van der Waals surface area contributed by atoms with E-state index in [9.17, 15) is 9.59 Å². The van der Waals surface area contributed by atoms with Gasteiger partial charge in [-0.2, -0.15) is 10.2 Å². The van der Waals surface area contributed by atoms with Crippen LogP contribution in [0.25, 0.3) is 10.8 Å². The van der Waals surface area contributed by atoms with E-state index in [-0.39, 0.29) is 17.2 Å². The first-order valence-corrected chi connectivity index (χ1v) is 11.0. The lowest BCUT2D eigenvalue weighted by atomic mass is 9.55. The Morgan fingerprint density at radius 2 is 1.76 bits per heavy atom. The van der Waals surface area contributed by atoms with Gasteiger partial charge in [0.15, 0.2) is 5.69 Å². The quantitative estimate of drug-likeness (QED) is 0.788. The molecule has 29 heavy (non-hydrogen) atoms. The van der Waals surface area contributed by atoms with Crippen LogP contribution in [0.15, 0.2) is 34.2 Å². The van der Waals surface area contributed by atoms with E-state index < -0.39 is 0 Å². The van der Waals surface area contributed by atoms with Gasteiger partial charge < -0.3 is 0 Å². The smallest absolute Gasteiger partial charge is 0.267 e. The van der Waals surface area contributed by atoms with Crippen molar-refractivity contribution in [1.29, 1.82) is 0 Å². The van der Waals surface area contributed by atoms with E-state index in [2.05, 4.69) is 22.5 Å². The molecule has 1 aromatic heterocycles. The lowest BCUT2D eigenvalue weighted by Crippen LogP contribution is -2.46. The zero-order valence-electron chi connectivity index (χ0n) is 16.9. The first-order chi connectivity index (χ1) is 14.1. The number of amides is 1. The molecule has 4 saturated carbocycles. The average molecular weight is 393 g/mol. The Bertz CT molecular complexity index is 1010. The summed E-state index contributed by atoms with van der Waals surface area (Å²) in [5.74, 6) is 2.47. The van der Waals surface area contributed by atoms with Crippen molar-refractivity contribution < 1.29 is 4.79 Å². The van der Waals surface area contributed by atoms with Gasteiger partial charge in [0.1, 0.15) is 0 Å². The van der Waals surface area contributed by atoms with E-state index in [0.717, 1.165) is 24.7 Å². The summed E-state index contributed by atoms with van der Waals surface area (Å²) < 4.78 is 1.43. The molecule has 0 saturated heterocycles. The molecule has 0 spiro atoms. The molecule has 6 heteroatoms. The molecule has 6 nitrogen and oxygen atoms in total. The molecule has 4 fully saturated rings. The van der Waals surface area contributed by atoms with Crippen molar-refractivity contribution in [1.82, 2.24) is 15.2 Å². The standard InChI is InChI=1S/C23H28N4O2/c1-2-3-8-27-23(29)19-7-5-4-6-18(19)21(26-27)22(28)25-24-20-16-10-14-9-15(12-16)13-17(20)11-14/h4-7,14-17H,2-3,8-13H2,1H3,(H,25,28). The molecule has 1 aromatic carbocycles. The van der Waals surface area contributed by atoms with Gasteiger partial charge in [0, 0.05) is 17.6 Å². The van der Waals surface area contributed by atoms with Gasteiger partial charge in [-0.05, 0) is 68.3 Å². The molecular formula is C23H28N4O2. The minimum atomic E-state index is -0.326. The second kappa shape index (κ2) is 7.39. The number of rotatable bonds is 5. The molecule has 4 aliphatic rings. The zero-order valence-corrected chi connectivity index (χ0v) is 16.9. The van der Waals surface area contributed by atoms with Crippen molar-refractivity contribution in [2.24, 2.45) is 28.8 Å². The Morgan fingerprint density at radius 3 is 2.41 bits per heavy atom. The van der Waals surface area contributed by atoms with Crippen molar-refractivity contribution in [2.75, 3.05) is 0 Å². The summed E-state index contributed by atoms with van der Waals surface area (Å²) in [6.45, 7) is 2.59. The lowest BCUT2D eigenvalue weighted by Gasteiger charge is -2.50. The molecular weight excluding hydrogens is 364 g/mol. The van der Waals surface area contributed by atoms with Gasteiger partial charge in [-0.25, -0.2) is 10.1 Å². The van der Waals surface area contributed by atoms with Crippen molar-refractivity contribution in [3.63, 3.8) is 0 Å². The van der Waals surface area contributed by atoms with Gasteiger partial charge in [0.25, 0.3) is 11.5 Å². The van der Waals surface area contributed by atoms with E-state index in [1.54, 1.807) is 12.1 Å². The summed E-state index contributed by atoms with van der Waals surface area (Å²) in [5, 5.41) is 10.1. The molecule has 0 atom stereocenters. The summed E-state index contributed by atoms with van der Waals surface area (Å²) in [4.78, 5) is 25.8. The van der Waals surface area contributed by atoms with E-state index in [1.807, 2.05) is 12.1 Å². The van der Waals surface area contributed by atoms with Crippen LogP contribution in [0.2, 0.25) is 0 Å². The van der Waals surface area contributed by atoms with E-state index in [0.29, 0.717) is 29.2 Å². The molecule has 1 heterocycles. The third-order valence-electron chi connectivity index (χ3n) is 7.07. The highest BCUT2D eigenvalue weighted by molar-refractivity contribution is 6.05. The fourth-order valence-corrected chi connectivity index (χ4v) is 5.88. The molecule has 2 aromatic rings. The summed E-state index contributed by atoms with van der Waals surface area (Å²) in [7, 11) is 0. The van der Waals surface area contributed by atoms with Gasteiger partial charge in [-0.1, -0.05) is 31.5 Å². The monoisotopic (exact) mass is 392 g/mol. The first kappa shape index (κ1) is 18.5. The SMILES string of the molecule is CCCCn1nc(C(=O)NN=C2C3CC4CC(C3)CC2C4)c2ccccc2c1=O. The molecule has 0 radical (unpaired) electrons. The number of hydrazone groups is 1. The molecule has 1 amide bonds. The number of aromatic nitrogens is 2. The Kier molecular flexibility index (Phi) is 4.72. The number of fused-ring (bicyclic) bond motifs is 1. The number of carbonyl (C=O) groups is 1. The van der Waals surface area contributed by atoms with Gasteiger partial charge in [-0.15, -0.1) is 0 Å². The number of nitrogens with zero attached hydrogens (tertiary/aromatic N) is 3. The van der Waals surface area contributed by atoms with Crippen molar-refractivity contribution in [2.45, 2.75) is 58.4 Å². The first-order valence-electron chi connectivity index (χ1n) is 11.0. The van der Waals surface area contributed by atoms with Crippen LogP contribution in [0.1, 0.15) is 62.4 Å². The van der Waals surface area contributed by atoms with E-state index in [4.69, 9.17) is 0 Å². The van der Waals surface area contributed by atoms with Gasteiger partial charge >= 0.3 is 0 Å². The Morgan fingerprint density at radius 1 is 1.10 bits per heavy atom. The predicted molar refractivity (Wildman–Crippen MR) is 113 cm³/mol. The van der Waals surface area contributed by atoms with Crippen LogP contribution in [-0.4, -0.2) is 21.4 Å². The maximum Gasteiger partial charge on any atom is 0.292 e. The Hall–Kier alpha value is -2.50. The predicted octanol–water partition coefficient (Wildman–Crippen LogP) is 3.74. The maximum absolute atomic E-state index is 13.0. The molecule has 0 unspecified atom stereocenters. The zero-order chi connectivity index (χ0) is 20.0. The summed E-state index contributed by atoms with van der Waals surface area (Å²) >= 11 is 0. The van der Waals surface area contributed by atoms with Crippen LogP contribution in [0.4, 0.5) is 0 Å². The largest absolute Gasteiger partial charge is 0.292 e. The van der Waals surface area contributed by atoms with Crippen LogP contribution in [0.3, 0.4) is 0 Å². The molecule has 6 rings (SSSR count). The highest BCUT2D eigenvalue weighted by Crippen LogP contribution is 2.52. The third kappa shape index (κ3) is 3.28. The topological polar surface area (TPSA) is 76.3 Å². The minimum Gasteiger partial charge on any atom is -0.267 e. The van der Waals surface area contributed by atoms with Crippen LogP contribution < -0.4 is 11.0 Å². The normalized spacial score (nSPS) is 27.4. The van der Waals surface area contributed by atoms with Crippen molar-refractivity contribution in [3.8, 4) is 0 Å². The van der Waals surface area contributed by atoms with Crippen LogP contribution in [0, 0.1) is 23.7 Å². The molecule has 0 aliphatic heterocycles. The molecule has 1 N–H and O–H groups in total. The van der Waals surface area contributed by atoms with Crippen LogP contribution >= 0.6 is 0 Å². The number of benzene rings is 1. The Balaban J connectivity index is 1.45. The number of nitrogens with one attached hydrogen (secondary N) is 1. The molecule has 4 bridgehead atoms. The fourth-order valence-electron chi connectivity index (χ4n) is 5.88. The van der Waals surface area contributed by atoms with Gasteiger partial charge in [0.2, 0.25) is 0 Å². The molecule has 152 valence electrons. The van der Waals surface area contributed by atoms with Crippen LogP contribution in [0.5, 0.6) is 0 Å². The fraction of sp³-hybridized carbons (Fsp3) is 0.565. The third-order valence-corrected chi connectivity index (χ3v) is 7.07. The number of hydrogen-bond donors (Lipinski definition) is 1. The van der Waals surface area contributed by atoms with Gasteiger partial charge in [-0.3, -0.25) is 9.59 Å². The summed E-state index contributed by atoms with van der Waals surface area (Å²) in [5.41, 5.74) is 4.12. The van der Waals surface area contributed by atoms with Crippen LogP contribution in [-0.2, 0) is 6.54 Å². The maximum atomic E-state index is 13.0. The minimum absolute atomic E-state index is 0.141. The number of aryl methyl sites for hydroxylation is 1. The second-order valence-corrected chi connectivity index (χ2v) is 9.06. The second-order valence-electron chi connectivity index (χ2n) is 9.06. The Labute approximate surface area is 170 Å². The summed E-state index contributed by atoms with van der Waals surface area (Å²) in [6.07, 6.45) is 8.11. The highest BCUT2D eigenvalue weighted by atomic mass is 16.2. The van der Waals surface area contributed by atoms with Crippen molar-refractivity contribution in [3.05, 3.63) is 40.3 Å². The van der Waals surface area contributed by atoms with E-state index >= 15 is 0 Å². The lowest BCUT2D eigenvalue weighted by molar-refractivity contribution is 0.0937. The number of hydrogen-bond acceptors (Lipinski definition) is 4.